The molecule has 2 rings (SSSR count). The van der Waals surface area contributed by atoms with E-state index in [4.69, 9.17) is 9.84 Å². The molecule has 0 unspecified atom stereocenters. The van der Waals surface area contributed by atoms with Gasteiger partial charge in [0.25, 0.3) is 5.91 Å². The zero-order chi connectivity index (χ0) is 14.9. The van der Waals surface area contributed by atoms with Gasteiger partial charge in [-0.3, -0.25) is 4.79 Å². The Bertz CT molecular complexity index is 535. The molecule has 5 nitrogen and oxygen atoms in total. The van der Waals surface area contributed by atoms with Gasteiger partial charge in [-0.1, -0.05) is 6.07 Å². The van der Waals surface area contributed by atoms with E-state index in [1.54, 1.807) is 0 Å². The molecule has 0 spiro atoms. The van der Waals surface area contributed by atoms with Gasteiger partial charge < -0.3 is 15.2 Å². The van der Waals surface area contributed by atoms with E-state index < -0.39 is 18.2 Å². The summed E-state index contributed by atoms with van der Waals surface area (Å²) < 4.78 is 6.04. The molecule has 1 amide bonds. The molecule has 1 aliphatic heterocycles. The Morgan fingerprint density at radius 2 is 1.95 bits per heavy atom. The van der Waals surface area contributed by atoms with Gasteiger partial charge in [0.2, 0.25) is 0 Å². The van der Waals surface area contributed by atoms with Crippen molar-refractivity contribution in [3.63, 3.8) is 0 Å². The second-order valence-corrected chi connectivity index (χ2v) is 5.81. The summed E-state index contributed by atoms with van der Waals surface area (Å²) in [6.07, 6.45) is -0.802. The molecule has 2 atom stereocenters. The molecule has 1 heterocycles. The first kappa shape index (κ1) is 15.0. The Kier molecular flexibility index (Phi) is 4.45. The van der Waals surface area contributed by atoms with E-state index in [0.29, 0.717) is 18.5 Å². The van der Waals surface area contributed by atoms with Gasteiger partial charge in [-0.15, -0.1) is 0 Å². The fraction of sp³-hybridized carbons (Fsp3) is 0.429. The summed E-state index contributed by atoms with van der Waals surface area (Å²) in [5.74, 6) is -1.32. The lowest BCUT2D eigenvalue weighted by molar-refractivity contribution is -0.150. The van der Waals surface area contributed by atoms with E-state index in [-0.39, 0.29) is 5.91 Å². The van der Waals surface area contributed by atoms with Crippen LogP contribution in [0.15, 0.2) is 16.6 Å². The van der Waals surface area contributed by atoms with Crippen LogP contribution in [-0.2, 0) is 14.3 Å². The highest BCUT2D eigenvalue weighted by Crippen LogP contribution is 2.29. The second kappa shape index (κ2) is 5.93. The summed E-state index contributed by atoms with van der Waals surface area (Å²) in [6.45, 7) is 3.88. The van der Waals surface area contributed by atoms with Crippen LogP contribution in [0.4, 0.5) is 5.69 Å². The van der Waals surface area contributed by atoms with Crippen LogP contribution in [-0.4, -0.2) is 29.2 Å². The molecule has 0 bridgehead atoms. The Morgan fingerprint density at radius 1 is 1.30 bits per heavy atom. The summed E-state index contributed by atoms with van der Waals surface area (Å²) in [4.78, 5) is 22.9. The average molecular weight is 342 g/mol. The average Bonchev–Trinajstić information content (AvgIpc) is 2.83. The number of halogens is 1. The van der Waals surface area contributed by atoms with Crippen LogP contribution >= 0.6 is 15.9 Å². The lowest BCUT2D eigenvalue weighted by Gasteiger charge is -2.15. The first-order valence-electron chi connectivity index (χ1n) is 6.34. The number of ether oxygens (including phenoxy) is 1. The Morgan fingerprint density at radius 3 is 2.50 bits per heavy atom. The van der Waals surface area contributed by atoms with Crippen molar-refractivity contribution in [3.8, 4) is 0 Å². The third-order valence-electron chi connectivity index (χ3n) is 3.27. The third-order valence-corrected chi connectivity index (χ3v) is 3.89. The molecule has 1 fully saturated rings. The van der Waals surface area contributed by atoms with Crippen molar-refractivity contribution in [2.75, 3.05) is 5.32 Å². The maximum Gasteiger partial charge on any atom is 0.332 e. The number of carboxylic acid groups (broad SMARTS) is 1. The van der Waals surface area contributed by atoms with E-state index in [9.17, 15) is 9.59 Å². The van der Waals surface area contributed by atoms with Crippen LogP contribution in [0, 0.1) is 13.8 Å². The predicted octanol–water partition coefficient (Wildman–Crippen LogP) is 2.64. The first-order chi connectivity index (χ1) is 9.38. The van der Waals surface area contributed by atoms with Crippen LogP contribution in [0.2, 0.25) is 0 Å². The molecule has 1 aromatic rings. The van der Waals surface area contributed by atoms with Crippen LogP contribution < -0.4 is 5.32 Å². The van der Waals surface area contributed by atoms with Gasteiger partial charge in [-0.25, -0.2) is 4.79 Å². The van der Waals surface area contributed by atoms with Crippen molar-refractivity contribution in [2.24, 2.45) is 0 Å². The third kappa shape index (κ3) is 3.19. The number of hydrogen-bond acceptors (Lipinski definition) is 3. The summed E-state index contributed by atoms with van der Waals surface area (Å²) in [7, 11) is 0. The number of aliphatic carboxylic acids is 1. The molecule has 0 saturated carbocycles. The van der Waals surface area contributed by atoms with E-state index >= 15 is 0 Å². The number of nitrogens with one attached hydrogen (secondary N) is 1. The van der Waals surface area contributed by atoms with Gasteiger partial charge in [-0.05, 0) is 59.8 Å². The van der Waals surface area contributed by atoms with Gasteiger partial charge in [-0.2, -0.15) is 0 Å². The smallest absolute Gasteiger partial charge is 0.332 e. The van der Waals surface area contributed by atoms with E-state index in [1.165, 1.54) is 0 Å². The van der Waals surface area contributed by atoms with Gasteiger partial charge >= 0.3 is 5.97 Å². The van der Waals surface area contributed by atoms with Crippen molar-refractivity contribution in [2.45, 2.75) is 38.9 Å². The number of carboxylic acids is 1. The monoisotopic (exact) mass is 341 g/mol. The van der Waals surface area contributed by atoms with Crippen LogP contribution in [0.5, 0.6) is 0 Å². The SMILES string of the molecule is Cc1cc(C)c(NC(=O)[C@@H]2CC[C@H](C(=O)O)O2)c(Br)c1. The summed E-state index contributed by atoms with van der Waals surface area (Å²) in [6, 6.07) is 3.88. The minimum atomic E-state index is -1.02. The number of aryl methyl sites for hydroxylation is 2. The second-order valence-electron chi connectivity index (χ2n) is 4.96. The molecule has 20 heavy (non-hydrogen) atoms. The quantitative estimate of drug-likeness (QED) is 0.886. The summed E-state index contributed by atoms with van der Waals surface area (Å²) in [5, 5.41) is 11.7. The highest BCUT2D eigenvalue weighted by atomic mass is 79.9. The van der Waals surface area contributed by atoms with Gasteiger partial charge in [0, 0.05) is 4.47 Å². The van der Waals surface area contributed by atoms with Crippen molar-refractivity contribution in [1.29, 1.82) is 0 Å². The highest BCUT2D eigenvalue weighted by molar-refractivity contribution is 9.10. The molecule has 2 N–H and O–H groups in total. The number of benzene rings is 1. The number of carbonyl (C=O) groups excluding carboxylic acids is 1. The van der Waals surface area contributed by atoms with Crippen molar-refractivity contribution < 1.29 is 19.4 Å². The van der Waals surface area contributed by atoms with Gasteiger partial charge in [0.05, 0.1) is 5.69 Å². The van der Waals surface area contributed by atoms with E-state index in [0.717, 1.165) is 15.6 Å². The number of hydrogen-bond donors (Lipinski definition) is 2. The van der Waals surface area contributed by atoms with Gasteiger partial charge in [0.1, 0.15) is 6.10 Å². The molecular weight excluding hydrogens is 326 g/mol. The normalized spacial score (nSPS) is 21.8. The fourth-order valence-electron chi connectivity index (χ4n) is 2.29. The number of rotatable bonds is 3. The largest absolute Gasteiger partial charge is 0.479 e. The molecular formula is C14H16BrNO4. The van der Waals surface area contributed by atoms with E-state index in [2.05, 4.69) is 21.2 Å². The molecule has 1 aromatic carbocycles. The molecule has 108 valence electrons. The van der Waals surface area contributed by atoms with Crippen LogP contribution in [0.3, 0.4) is 0 Å². The van der Waals surface area contributed by atoms with Gasteiger partial charge in [0.15, 0.2) is 6.10 Å². The number of anilines is 1. The van der Waals surface area contributed by atoms with E-state index in [1.807, 2.05) is 26.0 Å². The Balaban J connectivity index is 2.08. The predicted molar refractivity (Wildman–Crippen MR) is 77.8 cm³/mol. The topological polar surface area (TPSA) is 75.6 Å². The minimum Gasteiger partial charge on any atom is -0.479 e. The molecule has 0 aromatic heterocycles. The molecule has 0 radical (unpaired) electrons. The zero-order valence-electron chi connectivity index (χ0n) is 11.3. The molecule has 6 heteroatoms. The molecule has 0 aliphatic carbocycles. The van der Waals surface area contributed by atoms with Crippen molar-refractivity contribution >= 4 is 33.5 Å². The zero-order valence-corrected chi connectivity index (χ0v) is 12.9. The maximum absolute atomic E-state index is 12.1. The molecule has 1 saturated heterocycles. The highest BCUT2D eigenvalue weighted by Gasteiger charge is 2.34. The summed E-state index contributed by atoms with van der Waals surface area (Å²) >= 11 is 3.42. The molecule has 1 aliphatic rings. The Labute approximate surface area is 125 Å². The van der Waals surface area contributed by atoms with Crippen LogP contribution in [0.25, 0.3) is 0 Å². The van der Waals surface area contributed by atoms with Crippen molar-refractivity contribution in [1.82, 2.24) is 0 Å². The van der Waals surface area contributed by atoms with Crippen molar-refractivity contribution in [3.05, 3.63) is 27.7 Å². The fourth-order valence-corrected chi connectivity index (χ4v) is 3.06. The standard InChI is InChI=1S/C14H16BrNO4/c1-7-5-8(2)12(9(15)6-7)16-13(17)10-3-4-11(20-10)14(18)19/h5-6,10-11H,3-4H2,1-2H3,(H,16,17)(H,18,19)/t10-,11+/m0/s1. The first-order valence-corrected chi connectivity index (χ1v) is 7.13. The lowest BCUT2D eigenvalue weighted by atomic mass is 10.1. The lowest BCUT2D eigenvalue weighted by Crippen LogP contribution is -2.30. The Hall–Kier alpha value is -1.40. The minimum absolute atomic E-state index is 0.304. The van der Waals surface area contributed by atoms with Crippen LogP contribution in [0.1, 0.15) is 24.0 Å². The number of amides is 1. The maximum atomic E-state index is 12.1. The number of carbonyl (C=O) groups is 2. The summed E-state index contributed by atoms with van der Waals surface area (Å²) in [5.41, 5.74) is 2.73.